The Hall–Kier alpha value is -0.240. The minimum Gasteiger partial charge on any atom is -0.324 e. The Kier molecular flexibility index (Phi) is 4.94. The fraction of sp³-hybridized carbons (Fsp3) is 0.600. The van der Waals surface area contributed by atoms with Crippen LogP contribution in [0.15, 0.2) is 18.2 Å². The molecule has 1 aromatic carbocycles. The zero-order valence-electron chi connectivity index (χ0n) is 10.8. The van der Waals surface area contributed by atoms with Crippen molar-refractivity contribution in [2.45, 2.75) is 45.1 Å². The van der Waals surface area contributed by atoms with Crippen LogP contribution in [0.1, 0.15) is 50.6 Å². The topological polar surface area (TPSA) is 26.0 Å². The van der Waals surface area contributed by atoms with E-state index in [1.807, 2.05) is 18.2 Å². The van der Waals surface area contributed by atoms with Gasteiger partial charge in [-0.3, -0.25) is 0 Å². The molecular formula is C15H21Cl2N. The van der Waals surface area contributed by atoms with E-state index in [4.69, 9.17) is 28.9 Å². The number of hydrogen-bond acceptors (Lipinski definition) is 1. The van der Waals surface area contributed by atoms with E-state index in [1.165, 1.54) is 32.1 Å². The number of halogens is 2. The highest BCUT2D eigenvalue weighted by atomic mass is 35.5. The molecule has 3 unspecified atom stereocenters. The van der Waals surface area contributed by atoms with Gasteiger partial charge in [0.05, 0.1) is 0 Å². The highest BCUT2D eigenvalue weighted by Gasteiger charge is 2.31. The van der Waals surface area contributed by atoms with E-state index in [2.05, 4.69) is 6.92 Å². The van der Waals surface area contributed by atoms with E-state index >= 15 is 0 Å². The second-order valence-corrected chi connectivity index (χ2v) is 6.09. The van der Waals surface area contributed by atoms with Gasteiger partial charge in [-0.25, -0.2) is 0 Å². The molecule has 0 saturated heterocycles. The summed E-state index contributed by atoms with van der Waals surface area (Å²) in [7, 11) is 0. The number of rotatable bonds is 3. The van der Waals surface area contributed by atoms with Gasteiger partial charge >= 0.3 is 0 Å². The largest absolute Gasteiger partial charge is 0.324 e. The summed E-state index contributed by atoms with van der Waals surface area (Å²) in [6.45, 7) is 2.25. The van der Waals surface area contributed by atoms with Crippen LogP contribution in [0, 0.1) is 11.8 Å². The van der Waals surface area contributed by atoms with Crippen LogP contribution >= 0.6 is 23.2 Å². The van der Waals surface area contributed by atoms with Gasteiger partial charge in [-0.05, 0) is 30.4 Å². The van der Waals surface area contributed by atoms with Gasteiger partial charge in [-0.15, -0.1) is 0 Å². The standard InChI is InChI=1S/C15H21Cl2N/c1-2-10-6-3-4-7-11(10)15(18)14-12(16)8-5-9-13(14)17/h5,8-11,15H,2-4,6-7,18H2,1H3. The maximum Gasteiger partial charge on any atom is 0.0468 e. The third kappa shape index (κ3) is 2.84. The monoisotopic (exact) mass is 285 g/mol. The van der Waals surface area contributed by atoms with Crippen LogP contribution in [0.3, 0.4) is 0 Å². The molecule has 1 aliphatic carbocycles. The number of hydrogen-bond donors (Lipinski definition) is 1. The summed E-state index contributed by atoms with van der Waals surface area (Å²) in [5.74, 6) is 1.22. The van der Waals surface area contributed by atoms with Crippen molar-refractivity contribution in [1.29, 1.82) is 0 Å². The van der Waals surface area contributed by atoms with E-state index in [1.54, 1.807) is 0 Å². The van der Waals surface area contributed by atoms with Gasteiger partial charge in [0.15, 0.2) is 0 Å². The summed E-state index contributed by atoms with van der Waals surface area (Å²) in [5, 5.41) is 1.41. The summed E-state index contributed by atoms with van der Waals surface area (Å²) >= 11 is 12.5. The Labute approximate surface area is 120 Å². The average molecular weight is 286 g/mol. The van der Waals surface area contributed by atoms with Crippen molar-refractivity contribution in [2.24, 2.45) is 17.6 Å². The first-order chi connectivity index (χ1) is 8.65. The lowest BCUT2D eigenvalue weighted by Crippen LogP contribution is -2.30. The van der Waals surface area contributed by atoms with Gasteiger partial charge in [0, 0.05) is 21.7 Å². The average Bonchev–Trinajstić information content (AvgIpc) is 2.38. The van der Waals surface area contributed by atoms with Gasteiger partial charge < -0.3 is 5.73 Å². The maximum absolute atomic E-state index is 6.47. The van der Waals surface area contributed by atoms with Crippen molar-refractivity contribution in [2.75, 3.05) is 0 Å². The third-order valence-electron chi connectivity index (χ3n) is 4.29. The van der Waals surface area contributed by atoms with E-state index in [9.17, 15) is 0 Å². The Morgan fingerprint density at radius 2 is 1.83 bits per heavy atom. The lowest BCUT2D eigenvalue weighted by atomic mass is 9.72. The smallest absolute Gasteiger partial charge is 0.0468 e. The molecule has 0 amide bonds. The predicted molar refractivity (Wildman–Crippen MR) is 79.1 cm³/mol. The van der Waals surface area contributed by atoms with Crippen LogP contribution < -0.4 is 5.73 Å². The van der Waals surface area contributed by atoms with E-state index in [-0.39, 0.29) is 6.04 Å². The van der Waals surface area contributed by atoms with E-state index in [0.29, 0.717) is 21.9 Å². The number of benzene rings is 1. The molecule has 3 atom stereocenters. The first-order valence-electron chi connectivity index (χ1n) is 6.84. The van der Waals surface area contributed by atoms with Gasteiger partial charge in [-0.1, -0.05) is 61.9 Å². The van der Waals surface area contributed by atoms with Crippen molar-refractivity contribution in [3.05, 3.63) is 33.8 Å². The molecule has 2 rings (SSSR count). The van der Waals surface area contributed by atoms with Gasteiger partial charge in [0.2, 0.25) is 0 Å². The second kappa shape index (κ2) is 6.27. The summed E-state index contributed by atoms with van der Waals surface area (Å²) in [6, 6.07) is 5.61. The maximum atomic E-state index is 6.47. The van der Waals surface area contributed by atoms with Crippen LogP contribution in [0.5, 0.6) is 0 Å². The molecule has 2 N–H and O–H groups in total. The minimum atomic E-state index is -0.0311. The Balaban J connectivity index is 2.26. The zero-order chi connectivity index (χ0) is 13.1. The molecule has 1 saturated carbocycles. The quantitative estimate of drug-likeness (QED) is 0.811. The molecule has 100 valence electrons. The molecule has 0 radical (unpaired) electrons. The van der Waals surface area contributed by atoms with Crippen LogP contribution in [0.2, 0.25) is 10.0 Å². The van der Waals surface area contributed by atoms with Crippen LogP contribution in [0.25, 0.3) is 0 Å². The molecule has 1 aromatic rings. The highest BCUT2D eigenvalue weighted by molar-refractivity contribution is 6.36. The van der Waals surface area contributed by atoms with Crippen molar-refractivity contribution in [1.82, 2.24) is 0 Å². The molecule has 1 fully saturated rings. The summed E-state index contributed by atoms with van der Waals surface area (Å²) in [4.78, 5) is 0. The van der Waals surface area contributed by atoms with Gasteiger partial charge in [-0.2, -0.15) is 0 Å². The van der Waals surface area contributed by atoms with Crippen LogP contribution in [-0.4, -0.2) is 0 Å². The fourth-order valence-corrected chi connectivity index (χ4v) is 3.91. The van der Waals surface area contributed by atoms with Crippen LogP contribution in [-0.2, 0) is 0 Å². The Morgan fingerprint density at radius 3 is 2.44 bits per heavy atom. The van der Waals surface area contributed by atoms with Crippen molar-refractivity contribution in [3.8, 4) is 0 Å². The zero-order valence-corrected chi connectivity index (χ0v) is 12.3. The molecule has 0 aliphatic heterocycles. The molecule has 3 heteroatoms. The molecule has 1 aliphatic rings. The lowest BCUT2D eigenvalue weighted by Gasteiger charge is -2.35. The molecule has 1 nitrogen and oxygen atoms in total. The third-order valence-corrected chi connectivity index (χ3v) is 4.95. The Morgan fingerprint density at radius 1 is 1.22 bits per heavy atom. The lowest BCUT2D eigenvalue weighted by molar-refractivity contribution is 0.196. The predicted octanol–water partition coefficient (Wildman–Crippen LogP) is 5.21. The fourth-order valence-electron chi connectivity index (χ4n) is 3.26. The number of nitrogens with two attached hydrogens (primary N) is 1. The van der Waals surface area contributed by atoms with E-state index in [0.717, 1.165) is 5.56 Å². The molecular weight excluding hydrogens is 265 g/mol. The van der Waals surface area contributed by atoms with Crippen molar-refractivity contribution in [3.63, 3.8) is 0 Å². The molecule has 18 heavy (non-hydrogen) atoms. The molecule has 0 bridgehead atoms. The normalized spacial score (nSPS) is 26.0. The van der Waals surface area contributed by atoms with Crippen molar-refractivity contribution < 1.29 is 0 Å². The summed E-state index contributed by atoms with van der Waals surface area (Å²) in [6.07, 6.45) is 6.29. The molecule has 0 aromatic heterocycles. The first-order valence-corrected chi connectivity index (χ1v) is 7.60. The van der Waals surface area contributed by atoms with Gasteiger partial charge in [0.1, 0.15) is 0 Å². The second-order valence-electron chi connectivity index (χ2n) is 5.28. The summed E-state index contributed by atoms with van der Waals surface area (Å²) < 4.78 is 0. The first kappa shape index (κ1) is 14.2. The highest BCUT2D eigenvalue weighted by Crippen LogP contribution is 2.42. The molecule has 0 spiro atoms. The van der Waals surface area contributed by atoms with Crippen molar-refractivity contribution >= 4 is 23.2 Å². The SMILES string of the molecule is CCC1CCCCC1C(N)c1c(Cl)cccc1Cl. The Bertz CT molecular complexity index is 385. The molecule has 0 heterocycles. The summed E-state index contributed by atoms with van der Waals surface area (Å²) in [5.41, 5.74) is 7.40. The van der Waals surface area contributed by atoms with Gasteiger partial charge in [0.25, 0.3) is 0 Å². The van der Waals surface area contributed by atoms with Crippen LogP contribution in [0.4, 0.5) is 0 Å². The van der Waals surface area contributed by atoms with E-state index < -0.39 is 0 Å². The minimum absolute atomic E-state index is 0.0311.